The van der Waals surface area contributed by atoms with Crippen LogP contribution in [0.15, 0.2) is 11.6 Å². The highest BCUT2D eigenvalue weighted by atomic mass is 16.5. The zero-order chi connectivity index (χ0) is 35.8. The number of carbonyl (C=O) groups is 1. The SMILES string of the molecule is CCCCCC(C)(N)CO[C@H]1[C@H](n2nnc(N)n2)C[C@]2(C)COC[C@@]13C1=CC[C@@]4(C)[C@H](C(=O)O)[C@@](C)([C@H](C)C(C)C)CC[C@]4(C)[C@H]1CC[C@H]23. The summed E-state index contributed by atoms with van der Waals surface area (Å²) in [4.78, 5) is 15.2. The third-order valence-corrected chi connectivity index (χ3v) is 15.7. The second-order valence-electron chi connectivity index (χ2n) is 19.0. The van der Waals surface area contributed by atoms with Crippen molar-refractivity contribution in [2.45, 2.75) is 144 Å². The van der Waals surface area contributed by atoms with Gasteiger partial charge >= 0.3 is 5.97 Å². The number of aliphatic carboxylic acids is 1. The van der Waals surface area contributed by atoms with E-state index in [1.165, 1.54) is 5.57 Å². The predicted molar refractivity (Wildman–Crippen MR) is 191 cm³/mol. The second kappa shape index (κ2) is 12.6. The van der Waals surface area contributed by atoms with Crippen LogP contribution in [0.4, 0.5) is 5.95 Å². The molecular formula is C39H66N6O4. The van der Waals surface area contributed by atoms with Crippen molar-refractivity contribution < 1.29 is 19.4 Å². The number of ether oxygens (including phenoxy) is 2. The van der Waals surface area contributed by atoms with Gasteiger partial charge in [-0.1, -0.05) is 91.4 Å². The number of nitrogens with two attached hydrogens (primary N) is 2. The smallest absolute Gasteiger partial charge is 0.307 e. The van der Waals surface area contributed by atoms with Crippen LogP contribution in [0, 0.1) is 56.7 Å². The molecule has 2 bridgehead atoms. The Morgan fingerprint density at radius 1 is 1.14 bits per heavy atom. The highest BCUT2D eigenvalue weighted by Gasteiger charge is 2.72. The normalized spacial score (nSPS) is 43.5. The third-order valence-electron chi connectivity index (χ3n) is 15.7. The first-order chi connectivity index (χ1) is 22.9. The summed E-state index contributed by atoms with van der Waals surface area (Å²) in [6, 6.07) is -0.185. The fourth-order valence-electron chi connectivity index (χ4n) is 12.6. The topological polar surface area (TPSA) is 151 Å². The molecule has 0 radical (unpaired) electrons. The molecule has 6 rings (SSSR count). The van der Waals surface area contributed by atoms with Gasteiger partial charge in [0.25, 0.3) is 5.95 Å². The fourth-order valence-corrected chi connectivity index (χ4v) is 12.6. The highest BCUT2D eigenvalue weighted by Crippen LogP contribution is 2.75. The molecule has 1 aromatic heterocycles. The molecule has 1 aliphatic heterocycles. The Hall–Kier alpha value is -2.04. The van der Waals surface area contributed by atoms with Crippen LogP contribution in [0.1, 0.15) is 133 Å². The van der Waals surface area contributed by atoms with Crippen LogP contribution < -0.4 is 11.5 Å². The average Bonchev–Trinajstić information content (AvgIpc) is 3.46. The molecule has 1 unspecified atom stereocenters. The maximum absolute atomic E-state index is 13.5. The van der Waals surface area contributed by atoms with Crippen molar-refractivity contribution in [2.24, 2.45) is 62.4 Å². The summed E-state index contributed by atoms with van der Waals surface area (Å²) in [6.45, 7) is 22.2. The molecule has 1 aromatic rings. The lowest BCUT2D eigenvalue weighted by Crippen LogP contribution is -2.70. The molecule has 4 fully saturated rings. The van der Waals surface area contributed by atoms with Crippen LogP contribution in [0.2, 0.25) is 0 Å². The lowest BCUT2D eigenvalue weighted by atomic mass is 9.34. The number of nitrogen functional groups attached to an aromatic ring is 1. The lowest BCUT2D eigenvalue weighted by Gasteiger charge is -2.71. The summed E-state index contributed by atoms with van der Waals surface area (Å²) in [6.07, 6.45) is 12.0. The lowest BCUT2D eigenvalue weighted by molar-refractivity contribution is -0.255. The molecule has 5 aliphatic rings. The number of carboxylic acid groups (broad SMARTS) is 1. The third kappa shape index (κ3) is 5.51. The summed E-state index contributed by atoms with van der Waals surface area (Å²) in [5, 5.41) is 24.3. The molecule has 0 spiro atoms. The van der Waals surface area contributed by atoms with Gasteiger partial charge in [-0.15, -0.1) is 5.10 Å². The van der Waals surface area contributed by atoms with Crippen molar-refractivity contribution in [3.8, 4) is 0 Å². The summed E-state index contributed by atoms with van der Waals surface area (Å²) >= 11 is 0. The fraction of sp³-hybridized carbons (Fsp3) is 0.897. The first kappa shape index (κ1) is 36.7. The van der Waals surface area contributed by atoms with Gasteiger partial charge in [0.15, 0.2) is 0 Å². The second-order valence-corrected chi connectivity index (χ2v) is 19.0. The minimum Gasteiger partial charge on any atom is -0.481 e. The Kier molecular flexibility index (Phi) is 9.43. The van der Waals surface area contributed by atoms with Crippen LogP contribution in [0.5, 0.6) is 0 Å². The number of unbranched alkanes of at least 4 members (excludes halogenated alkanes) is 2. The number of hydrogen-bond donors (Lipinski definition) is 3. The van der Waals surface area contributed by atoms with Crippen molar-refractivity contribution in [3.05, 3.63) is 11.6 Å². The van der Waals surface area contributed by atoms with E-state index in [4.69, 9.17) is 20.9 Å². The predicted octanol–water partition coefficient (Wildman–Crippen LogP) is 7.07. The van der Waals surface area contributed by atoms with Gasteiger partial charge in [0, 0.05) is 11.0 Å². The molecule has 10 heteroatoms. The first-order valence-corrected chi connectivity index (χ1v) is 19.4. The van der Waals surface area contributed by atoms with Crippen molar-refractivity contribution in [1.29, 1.82) is 0 Å². The number of allylic oxidation sites excluding steroid dienone is 1. The maximum Gasteiger partial charge on any atom is 0.307 e. The highest BCUT2D eigenvalue weighted by molar-refractivity contribution is 5.73. The van der Waals surface area contributed by atoms with Gasteiger partial charge < -0.3 is 26.0 Å². The quantitative estimate of drug-likeness (QED) is 0.164. The van der Waals surface area contributed by atoms with E-state index in [2.05, 4.69) is 83.8 Å². The Morgan fingerprint density at radius 2 is 1.88 bits per heavy atom. The molecule has 5 N–H and O–H groups in total. The largest absolute Gasteiger partial charge is 0.481 e. The number of nitrogens with zero attached hydrogens (tertiary/aromatic N) is 4. The van der Waals surface area contributed by atoms with Crippen molar-refractivity contribution in [2.75, 3.05) is 25.6 Å². The molecule has 276 valence electrons. The number of carboxylic acids is 1. The van der Waals surface area contributed by atoms with Gasteiger partial charge in [-0.3, -0.25) is 4.79 Å². The Labute approximate surface area is 294 Å². The van der Waals surface area contributed by atoms with E-state index in [0.717, 1.165) is 64.2 Å². The average molecular weight is 683 g/mol. The number of anilines is 1. The van der Waals surface area contributed by atoms with E-state index in [1.54, 1.807) is 4.80 Å². The van der Waals surface area contributed by atoms with Crippen molar-refractivity contribution in [3.63, 3.8) is 0 Å². The van der Waals surface area contributed by atoms with Gasteiger partial charge in [-0.2, -0.15) is 4.80 Å². The number of hydrogen-bond acceptors (Lipinski definition) is 8. The molecule has 12 atom stereocenters. The van der Waals surface area contributed by atoms with Crippen LogP contribution in [-0.2, 0) is 14.3 Å². The molecule has 1 saturated heterocycles. The van der Waals surface area contributed by atoms with Crippen LogP contribution in [0.3, 0.4) is 0 Å². The molecule has 0 aromatic carbocycles. The van der Waals surface area contributed by atoms with Gasteiger partial charge in [0.05, 0.1) is 31.8 Å². The van der Waals surface area contributed by atoms with Gasteiger partial charge in [0.1, 0.15) is 6.04 Å². The van der Waals surface area contributed by atoms with E-state index in [9.17, 15) is 9.90 Å². The molecule has 3 saturated carbocycles. The molecule has 0 amide bonds. The molecule has 49 heavy (non-hydrogen) atoms. The standard InChI is InChI=1S/C39H66N6O4/c1-10-11-12-16-35(6,41)22-49-31-28(45-43-33(40)42-44-45)20-34(5)21-48-23-39(31)27-15-17-38(9)30(32(46)47)36(7,25(4)24(2)3)18-19-37(38,8)26(27)13-14-29(34)39/h15,24-26,28-31H,10-14,16-23,41H2,1-9H3,(H2,40,43)(H,46,47)/t25-,26+,28-,29-,30-,31+,34-,35?,36-,37-,38+,39+/m1/s1. The van der Waals surface area contributed by atoms with E-state index in [-0.39, 0.29) is 40.3 Å². The summed E-state index contributed by atoms with van der Waals surface area (Å²) in [5.74, 6) is 0.362. The monoisotopic (exact) mass is 683 g/mol. The van der Waals surface area contributed by atoms with Gasteiger partial charge in [-0.25, -0.2) is 0 Å². The van der Waals surface area contributed by atoms with Gasteiger partial charge in [-0.05, 0) is 102 Å². The van der Waals surface area contributed by atoms with Crippen molar-refractivity contribution in [1.82, 2.24) is 20.2 Å². The first-order valence-electron chi connectivity index (χ1n) is 19.4. The number of aromatic nitrogens is 4. The maximum atomic E-state index is 13.5. The minimum atomic E-state index is -0.639. The molecule has 10 nitrogen and oxygen atoms in total. The Balaban J connectivity index is 1.48. The zero-order valence-corrected chi connectivity index (χ0v) is 31.9. The molecule has 2 heterocycles. The number of tetrazole rings is 1. The van der Waals surface area contributed by atoms with Crippen LogP contribution >= 0.6 is 0 Å². The molecular weight excluding hydrogens is 616 g/mol. The van der Waals surface area contributed by atoms with E-state index >= 15 is 0 Å². The Morgan fingerprint density at radius 3 is 2.51 bits per heavy atom. The van der Waals surface area contributed by atoms with E-state index in [1.807, 2.05) is 0 Å². The van der Waals surface area contributed by atoms with Crippen molar-refractivity contribution >= 4 is 11.9 Å². The number of fused-ring (bicyclic) bond motifs is 3. The van der Waals surface area contributed by atoms with Gasteiger partial charge in [0.2, 0.25) is 0 Å². The summed E-state index contributed by atoms with van der Waals surface area (Å²) in [5.41, 5.74) is 12.6. The summed E-state index contributed by atoms with van der Waals surface area (Å²) in [7, 11) is 0. The Bertz CT molecular complexity index is 1430. The molecule has 4 aliphatic carbocycles. The zero-order valence-electron chi connectivity index (χ0n) is 31.9. The minimum absolute atomic E-state index is 0.118. The summed E-state index contributed by atoms with van der Waals surface area (Å²) < 4.78 is 13.9. The van der Waals surface area contributed by atoms with Crippen LogP contribution in [-0.4, -0.2) is 62.7 Å². The van der Waals surface area contributed by atoms with E-state index < -0.39 is 28.3 Å². The van der Waals surface area contributed by atoms with E-state index in [0.29, 0.717) is 37.6 Å². The van der Waals surface area contributed by atoms with Crippen LogP contribution in [0.25, 0.3) is 0 Å². The number of rotatable bonds is 11.